The number of carboxylic acid groups (broad SMARTS) is 1. The lowest BCUT2D eigenvalue weighted by molar-refractivity contribution is -0.144. The molecule has 156 valence electrons. The van der Waals surface area contributed by atoms with Crippen LogP contribution >= 0.6 is 23.2 Å². The molecule has 0 saturated heterocycles. The van der Waals surface area contributed by atoms with Gasteiger partial charge in [-0.2, -0.15) is 0 Å². The van der Waals surface area contributed by atoms with Crippen LogP contribution in [0.2, 0.25) is 10.0 Å². The summed E-state index contributed by atoms with van der Waals surface area (Å²) in [6.07, 6.45) is 0. The van der Waals surface area contributed by atoms with E-state index in [1.165, 1.54) is 12.1 Å². The first-order valence-electron chi connectivity index (χ1n) is 9.33. The quantitative estimate of drug-likeness (QED) is 0.583. The topological polar surface area (TPSA) is 86.7 Å². The third-order valence-electron chi connectivity index (χ3n) is 5.04. The predicted molar refractivity (Wildman–Crippen MR) is 117 cm³/mol. The maximum absolute atomic E-state index is 13.7. The van der Waals surface area contributed by atoms with E-state index in [2.05, 4.69) is 5.32 Å². The van der Waals surface area contributed by atoms with E-state index in [4.69, 9.17) is 23.2 Å². The Hall–Kier alpha value is -3.35. The van der Waals surface area contributed by atoms with E-state index in [-0.39, 0.29) is 16.3 Å². The highest BCUT2D eigenvalue weighted by molar-refractivity contribution is 6.31. The van der Waals surface area contributed by atoms with Crippen molar-refractivity contribution in [2.24, 2.45) is 0 Å². The number of carbonyl (C=O) groups is 3. The van der Waals surface area contributed by atoms with Gasteiger partial charge in [-0.15, -0.1) is 0 Å². The Morgan fingerprint density at radius 3 is 2.23 bits per heavy atom. The van der Waals surface area contributed by atoms with Gasteiger partial charge in [0.25, 0.3) is 11.8 Å². The van der Waals surface area contributed by atoms with Crippen molar-refractivity contribution in [3.05, 3.63) is 99.5 Å². The van der Waals surface area contributed by atoms with E-state index in [0.717, 1.165) is 4.90 Å². The first-order valence-corrected chi connectivity index (χ1v) is 10.1. The van der Waals surface area contributed by atoms with Gasteiger partial charge in [-0.1, -0.05) is 65.7 Å². The SMILES string of the molecule is O=C(O)C(c1ccccc1)N1C(=O)c2cc(Cl)ccc2NC(=O)C1c1ccc(Cl)cc1. The van der Waals surface area contributed by atoms with E-state index in [1.54, 1.807) is 60.7 Å². The number of fused-ring (bicyclic) bond motifs is 1. The molecule has 0 spiro atoms. The van der Waals surface area contributed by atoms with Crippen molar-refractivity contribution < 1.29 is 19.5 Å². The molecule has 3 aromatic carbocycles. The zero-order valence-corrected chi connectivity index (χ0v) is 17.5. The van der Waals surface area contributed by atoms with E-state index in [1.807, 2.05) is 0 Å². The number of halogens is 2. The van der Waals surface area contributed by atoms with Crippen LogP contribution in [0.1, 0.15) is 33.6 Å². The molecule has 31 heavy (non-hydrogen) atoms. The molecule has 8 heteroatoms. The smallest absolute Gasteiger partial charge is 0.331 e. The van der Waals surface area contributed by atoms with Crippen LogP contribution in [-0.4, -0.2) is 27.8 Å². The van der Waals surface area contributed by atoms with E-state index in [0.29, 0.717) is 16.1 Å². The van der Waals surface area contributed by atoms with Crippen molar-refractivity contribution in [3.63, 3.8) is 0 Å². The number of aliphatic carboxylic acids is 1. The van der Waals surface area contributed by atoms with E-state index < -0.39 is 29.9 Å². The average molecular weight is 455 g/mol. The lowest BCUT2D eigenvalue weighted by Gasteiger charge is -2.34. The van der Waals surface area contributed by atoms with Gasteiger partial charge in [0.2, 0.25) is 0 Å². The van der Waals surface area contributed by atoms with Crippen LogP contribution in [0.3, 0.4) is 0 Å². The second-order valence-electron chi connectivity index (χ2n) is 7.00. The molecular formula is C23H16Cl2N2O4. The number of amides is 2. The van der Waals surface area contributed by atoms with Gasteiger partial charge in [0, 0.05) is 10.0 Å². The van der Waals surface area contributed by atoms with Crippen LogP contribution in [0.15, 0.2) is 72.8 Å². The number of carbonyl (C=O) groups excluding carboxylic acids is 2. The molecule has 2 N–H and O–H groups in total. The number of rotatable bonds is 4. The molecule has 1 aliphatic rings. The Balaban J connectivity index is 1.96. The summed E-state index contributed by atoms with van der Waals surface area (Å²) in [5, 5.41) is 13.6. The fraction of sp³-hybridized carbons (Fsp3) is 0.0870. The first-order chi connectivity index (χ1) is 14.9. The van der Waals surface area contributed by atoms with Gasteiger partial charge < -0.3 is 15.3 Å². The minimum Gasteiger partial charge on any atom is -0.479 e. The number of hydrogen-bond donors (Lipinski definition) is 2. The number of nitrogens with zero attached hydrogens (tertiary/aromatic N) is 1. The number of hydrogen-bond acceptors (Lipinski definition) is 3. The van der Waals surface area contributed by atoms with Gasteiger partial charge in [0.1, 0.15) is 6.04 Å². The standard InChI is InChI=1S/C23H16Cl2N2O4/c24-15-8-6-14(7-9-15)19-21(28)26-18-11-10-16(25)12-17(18)22(29)27(19)20(23(30)31)13-4-2-1-3-5-13/h1-12,19-20H,(H,26,28)(H,30,31). The molecule has 0 saturated carbocycles. The van der Waals surface area contributed by atoms with Gasteiger partial charge in [-0.3, -0.25) is 9.59 Å². The van der Waals surface area contributed by atoms with Gasteiger partial charge >= 0.3 is 5.97 Å². The Morgan fingerprint density at radius 2 is 1.58 bits per heavy atom. The van der Waals surface area contributed by atoms with Gasteiger partial charge in [-0.05, 0) is 41.5 Å². The molecule has 0 aromatic heterocycles. The fourth-order valence-corrected chi connectivity index (χ4v) is 3.97. The lowest BCUT2D eigenvalue weighted by Crippen LogP contribution is -2.44. The van der Waals surface area contributed by atoms with Crippen LogP contribution in [0.25, 0.3) is 0 Å². The highest BCUT2D eigenvalue weighted by Crippen LogP contribution is 2.38. The number of anilines is 1. The van der Waals surface area contributed by atoms with Crippen molar-refractivity contribution in [1.29, 1.82) is 0 Å². The highest BCUT2D eigenvalue weighted by atomic mass is 35.5. The monoisotopic (exact) mass is 454 g/mol. The normalized spacial score (nSPS) is 16.8. The molecule has 0 bridgehead atoms. The molecule has 2 unspecified atom stereocenters. The van der Waals surface area contributed by atoms with Crippen molar-refractivity contribution in [3.8, 4) is 0 Å². The number of carboxylic acids is 1. The Bertz CT molecular complexity index is 1170. The molecule has 3 aromatic rings. The van der Waals surface area contributed by atoms with Crippen LogP contribution in [0, 0.1) is 0 Å². The molecule has 1 aliphatic heterocycles. The van der Waals surface area contributed by atoms with Crippen molar-refractivity contribution in [2.75, 3.05) is 5.32 Å². The second kappa shape index (κ2) is 8.41. The van der Waals surface area contributed by atoms with Gasteiger partial charge in [0.15, 0.2) is 6.04 Å². The Morgan fingerprint density at radius 1 is 0.935 bits per heavy atom. The average Bonchev–Trinajstić information content (AvgIpc) is 2.85. The summed E-state index contributed by atoms with van der Waals surface area (Å²) in [4.78, 5) is 40.5. The zero-order valence-electron chi connectivity index (χ0n) is 16.0. The summed E-state index contributed by atoms with van der Waals surface area (Å²) in [5.74, 6) is -2.44. The van der Waals surface area contributed by atoms with Crippen LogP contribution < -0.4 is 5.32 Å². The summed E-state index contributed by atoms with van der Waals surface area (Å²) in [5.41, 5.74) is 1.16. The third kappa shape index (κ3) is 4.00. The summed E-state index contributed by atoms with van der Waals surface area (Å²) >= 11 is 12.1. The molecular weight excluding hydrogens is 439 g/mol. The lowest BCUT2D eigenvalue weighted by atomic mass is 9.98. The Kier molecular flexibility index (Phi) is 5.67. The predicted octanol–water partition coefficient (Wildman–Crippen LogP) is 4.95. The third-order valence-corrected chi connectivity index (χ3v) is 5.53. The molecule has 1 heterocycles. The minimum atomic E-state index is -1.41. The molecule has 2 amide bonds. The second-order valence-corrected chi connectivity index (χ2v) is 7.87. The largest absolute Gasteiger partial charge is 0.479 e. The molecule has 0 aliphatic carbocycles. The van der Waals surface area contributed by atoms with E-state index in [9.17, 15) is 19.5 Å². The van der Waals surface area contributed by atoms with E-state index >= 15 is 0 Å². The Labute approximate surface area is 188 Å². The van der Waals surface area contributed by atoms with Crippen LogP contribution in [0.5, 0.6) is 0 Å². The minimum absolute atomic E-state index is 0.111. The highest BCUT2D eigenvalue weighted by Gasteiger charge is 2.43. The fourth-order valence-electron chi connectivity index (χ4n) is 3.67. The van der Waals surface area contributed by atoms with Gasteiger partial charge in [-0.25, -0.2) is 4.79 Å². The number of nitrogens with one attached hydrogen (secondary N) is 1. The molecule has 4 rings (SSSR count). The van der Waals surface area contributed by atoms with Crippen molar-refractivity contribution >= 4 is 46.7 Å². The summed E-state index contributed by atoms with van der Waals surface area (Å²) in [7, 11) is 0. The molecule has 0 fully saturated rings. The van der Waals surface area contributed by atoms with Crippen molar-refractivity contribution in [2.45, 2.75) is 12.1 Å². The zero-order chi connectivity index (χ0) is 22.1. The molecule has 2 atom stereocenters. The molecule has 0 radical (unpaired) electrons. The van der Waals surface area contributed by atoms with Crippen LogP contribution in [0.4, 0.5) is 5.69 Å². The van der Waals surface area contributed by atoms with Crippen LogP contribution in [-0.2, 0) is 9.59 Å². The van der Waals surface area contributed by atoms with Gasteiger partial charge in [0.05, 0.1) is 11.3 Å². The number of benzene rings is 3. The van der Waals surface area contributed by atoms with Crippen molar-refractivity contribution in [1.82, 2.24) is 4.90 Å². The summed E-state index contributed by atoms with van der Waals surface area (Å²) in [6.45, 7) is 0. The maximum atomic E-state index is 13.7. The molecule has 6 nitrogen and oxygen atoms in total. The maximum Gasteiger partial charge on any atom is 0.331 e. The summed E-state index contributed by atoms with van der Waals surface area (Å²) in [6, 6.07) is 16.5. The first kappa shape index (κ1) is 20.9. The summed E-state index contributed by atoms with van der Waals surface area (Å²) < 4.78 is 0.